The molecule has 0 bridgehead atoms. The van der Waals surface area contributed by atoms with Crippen LogP contribution in [0.2, 0.25) is 5.02 Å². The quantitative estimate of drug-likeness (QED) is 0.927. The van der Waals surface area contributed by atoms with Crippen molar-refractivity contribution in [1.29, 1.82) is 0 Å². The molecule has 0 aliphatic carbocycles. The molecule has 5 heteroatoms. The molecule has 0 radical (unpaired) electrons. The van der Waals surface area contributed by atoms with Crippen LogP contribution in [0.1, 0.15) is 11.1 Å². The summed E-state index contributed by atoms with van der Waals surface area (Å²) in [6, 6.07) is 6.12. The van der Waals surface area contributed by atoms with Gasteiger partial charge in [0.1, 0.15) is 11.6 Å². The van der Waals surface area contributed by atoms with Crippen molar-refractivity contribution in [2.24, 2.45) is 0 Å². The lowest BCUT2D eigenvalue weighted by molar-refractivity contribution is 0.456. The minimum absolute atomic E-state index is 0.287. The highest BCUT2D eigenvalue weighted by Gasteiger charge is 2.07. The number of benzene rings is 1. The van der Waals surface area contributed by atoms with Gasteiger partial charge in [0.15, 0.2) is 0 Å². The maximum absolute atomic E-state index is 13.0. The van der Waals surface area contributed by atoms with E-state index in [1.807, 2.05) is 7.05 Å². The van der Waals surface area contributed by atoms with Crippen LogP contribution in [0.15, 0.2) is 30.5 Å². The van der Waals surface area contributed by atoms with Crippen molar-refractivity contribution in [3.63, 3.8) is 0 Å². The zero-order valence-electron chi connectivity index (χ0n) is 10.7. The van der Waals surface area contributed by atoms with Crippen LogP contribution in [0.4, 0.5) is 4.39 Å². The molecule has 0 saturated heterocycles. The van der Waals surface area contributed by atoms with Crippen molar-refractivity contribution >= 4 is 11.6 Å². The van der Waals surface area contributed by atoms with Gasteiger partial charge in [0.2, 0.25) is 5.88 Å². The van der Waals surface area contributed by atoms with Crippen LogP contribution in [0, 0.1) is 12.7 Å². The topological polar surface area (TPSA) is 34.1 Å². The summed E-state index contributed by atoms with van der Waals surface area (Å²) in [6.07, 6.45) is 1.54. The Balaban J connectivity index is 2.25. The standard InChI is InChI=1S/C14H14ClFN2O/c1-9-5-11(16)3-4-13(9)19-14-6-10(7-17-2)12(15)8-18-14/h3-6,8,17H,7H2,1-2H3. The first-order chi connectivity index (χ1) is 9.10. The van der Waals surface area contributed by atoms with Gasteiger partial charge in [-0.15, -0.1) is 0 Å². The lowest BCUT2D eigenvalue weighted by Crippen LogP contribution is -2.06. The summed E-state index contributed by atoms with van der Waals surface area (Å²) >= 11 is 6.02. The van der Waals surface area contributed by atoms with Crippen molar-refractivity contribution in [3.8, 4) is 11.6 Å². The van der Waals surface area contributed by atoms with E-state index in [0.29, 0.717) is 28.8 Å². The molecular formula is C14H14ClFN2O. The molecule has 0 spiro atoms. The predicted octanol–water partition coefficient (Wildman–Crippen LogP) is 3.69. The Morgan fingerprint density at radius 3 is 2.84 bits per heavy atom. The van der Waals surface area contributed by atoms with E-state index in [1.165, 1.54) is 12.1 Å². The first-order valence-electron chi connectivity index (χ1n) is 5.83. The highest BCUT2D eigenvalue weighted by atomic mass is 35.5. The molecule has 0 aliphatic heterocycles. The van der Waals surface area contributed by atoms with Crippen molar-refractivity contribution in [2.75, 3.05) is 7.05 Å². The summed E-state index contributed by atoms with van der Waals surface area (Å²) in [5.41, 5.74) is 1.61. The van der Waals surface area contributed by atoms with Crippen LogP contribution in [-0.4, -0.2) is 12.0 Å². The number of hydrogen-bond donors (Lipinski definition) is 1. The fourth-order valence-electron chi connectivity index (χ4n) is 1.68. The zero-order chi connectivity index (χ0) is 13.8. The second kappa shape index (κ2) is 5.99. The van der Waals surface area contributed by atoms with Crippen molar-refractivity contribution < 1.29 is 9.13 Å². The molecule has 0 aliphatic rings. The number of aromatic nitrogens is 1. The van der Waals surface area contributed by atoms with E-state index in [4.69, 9.17) is 16.3 Å². The Bertz CT molecular complexity index is 590. The average Bonchev–Trinajstić information content (AvgIpc) is 2.37. The van der Waals surface area contributed by atoms with Crippen LogP contribution in [0.25, 0.3) is 0 Å². The second-order valence-corrected chi connectivity index (χ2v) is 4.56. The average molecular weight is 281 g/mol. The van der Waals surface area contributed by atoms with Gasteiger partial charge in [0, 0.05) is 18.8 Å². The lowest BCUT2D eigenvalue weighted by atomic mass is 10.2. The maximum Gasteiger partial charge on any atom is 0.219 e. The van der Waals surface area contributed by atoms with Crippen LogP contribution in [0.5, 0.6) is 11.6 Å². The summed E-state index contributed by atoms with van der Waals surface area (Å²) in [5.74, 6) is 0.723. The number of aryl methyl sites for hydroxylation is 1. The lowest BCUT2D eigenvalue weighted by Gasteiger charge is -2.10. The Morgan fingerprint density at radius 2 is 2.16 bits per heavy atom. The monoisotopic (exact) mass is 280 g/mol. The number of nitrogens with one attached hydrogen (secondary N) is 1. The van der Waals surface area contributed by atoms with Crippen molar-refractivity contribution in [2.45, 2.75) is 13.5 Å². The van der Waals surface area contributed by atoms with Gasteiger partial charge in [0.25, 0.3) is 0 Å². The molecule has 2 rings (SSSR count). The van der Waals surface area contributed by atoms with Crippen LogP contribution >= 0.6 is 11.6 Å². The summed E-state index contributed by atoms with van der Waals surface area (Å²) in [6.45, 7) is 2.41. The molecule has 1 N–H and O–H groups in total. The maximum atomic E-state index is 13.0. The molecule has 0 atom stereocenters. The SMILES string of the molecule is CNCc1cc(Oc2ccc(F)cc2C)ncc1Cl. The Kier molecular flexibility index (Phi) is 4.35. The van der Waals surface area contributed by atoms with E-state index in [0.717, 1.165) is 5.56 Å². The van der Waals surface area contributed by atoms with E-state index in [1.54, 1.807) is 25.3 Å². The van der Waals surface area contributed by atoms with Crippen LogP contribution in [-0.2, 0) is 6.54 Å². The van der Waals surface area contributed by atoms with E-state index in [-0.39, 0.29) is 5.82 Å². The molecule has 1 heterocycles. The third-order valence-corrected chi connectivity index (χ3v) is 2.97. The van der Waals surface area contributed by atoms with Gasteiger partial charge in [0.05, 0.1) is 5.02 Å². The predicted molar refractivity (Wildman–Crippen MR) is 73.2 cm³/mol. The first kappa shape index (κ1) is 13.8. The molecule has 19 heavy (non-hydrogen) atoms. The van der Waals surface area contributed by atoms with E-state index in [2.05, 4.69) is 10.3 Å². The molecule has 1 aromatic heterocycles. The minimum Gasteiger partial charge on any atom is -0.439 e. The largest absolute Gasteiger partial charge is 0.439 e. The molecule has 2 aromatic rings. The normalized spacial score (nSPS) is 10.5. The number of halogens is 2. The minimum atomic E-state index is -0.287. The highest BCUT2D eigenvalue weighted by molar-refractivity contribution is 6.31. The number of hydrogen-bond acceptors (Lipinski definition) is 3. The van der Waals surface area contributed by atoms with Crippen molar-refractivity contribution in [3.05, 3.63) is 52.4 Å². The third-order valence-electron chi connectivity index (χ3n) is 2.63. The van der Waals surface area contributed by atoms with Crippen molar-refractivity contribution in [1.82, 2.24) is 10.3 Å². The number of ether oxygens (including phenoxy) is 1. The van der Waals surface area contributed by atoms with Crippen LogP contribution in [0.3, 0.4) is 0 Å². The van der Waals surface area contributed by atoms with Gasteiger partial charge in [-0.3, -0.25) is 0 Å². The van der Waals surface area contributed by atoms with E-state index < -0.39 is 0 Å². The molecule has 1 aromatic carbocycles. The summed E-state index contributed by atoms with van der Waals surface area (Å²) < 4.78 is 18.6. The summed E-state index contributed by atoms with van der Waals surface area (Å²) in [5, 5.41) is 3.60. The highest BCUT2D eigenvalue weighted by Crippen LogP contribution is 2.26. The Morgan fingerprint density at radius 1 is 1.37 bits per heavy atom. The number of rotatable bonds is 4. The molecule has 100 valence electrons. The molecular weight excluding hydrogens is 267 g/mol. The fraction of sp³-hybridized carbons (Fsp3) is 0.214. The summed E-state index contributed by atoms with van der Waals surface area (Å²) in [7, 11) is 1.83. The molecule has 0 unspecified atom stereocenters. The molecule has 0 amide bonds. The van der Waals surface area contributed by atoms with Gasteiger partial charge in [-0.2, -0.15) is 0 Å². The molecule has 0 fully saturated rings. The van der Waals surface area contributed by atoms with Gasteiger partial charge in [-0.1, -0.05) is 11.6 Å². The number of nitrogens with zero attached hydrogens (tertiary/aromatic N) is 1. The smallest absolute Gasteiger partial charge is 0.219 e. The van der Waals surface area contributed by atoms with Gasteiger partial charge in [-0.25, -0.2) is 9.37 Å². The zero-order valence-corrected chi connectivity index (χ0v) is 11.5. The van der Waals surface area contributed by atoms with Gasteiger partial charge < -0.3 is 10.1 Å². The van der Waals surface area contributed by atoms with Crippen LogP contribution < -0.4 is 10.1 Å². The van der Waals surface area contributed by atoms with E-state index in [9.17, 15) is 4.39 Å². The third kappa shape index (κ3) is 3.43. The Hall–Kier alpha value is -1.65. The molecule has 3 nitrogen and oxygen atoms in total. The second-order valence-electron chi connectivity index (χ2n) is 4.16. The number of pyridine rings is 1. The Labute approximate surface area is 116 Å². The summed E-state index contributed by atoms with van der Waals surface area (Å²) in [4.78, 5) is 4.10. The van der Waals surface area contributed by atoms with Gasteiger partial charge in [-0.05, 0) is 43.3 Å². The fourth-order valence-corrected chi connectivity index (χ4v) is 1.85. The first-order valence-corrected chi connectivity index (χ1v) is 6.21. The molecule has 0 saturated carbocycles. The van der Waals surface area contributed by atoms with E-state index >= 15 is 0 Å². The van der Waals surface area contributed by atoms with Gasteiger partial charge >= 0.3 is 0 Å².